The summed E-state index contributed by atoms with van der Waals surface area (Å²) in [5, 5.41) is 8.06. The molecule has 1 aliphatic carbocycles. The van der Waals surface area contributed by atoms with Crippen LogP contribution < -0.4 is 5.32 Å². The Labute approximate surface area is 120 Å². The number of halogens is 1. The number of fused-ring (bicyclic) bond motifs is 1. The standard InChI is InChI=1S/C15H16BrNS/c16-14-10-18-9-12(14)8-17-15-7-3-5-11-4-1-2-6-13(11)15/h1-2,4,6,9-10,15,17H,3,5,7-8H2. The number of rotatable bonds is 3. The summed E-state index contributed by atoms with van der Waals surface area (Å²) in [5.74, 6) is 0. The van der Waals surface area contributed by atoms with E-state index in [0.29, 0.717) is 6.04 Å². The molecule has 1 aromatic carbocycles. The third-order valence-corrected chi connectivity index (χ3v) is 5.43. The predicted molar refractivity (Wildman–Crippen MR) is 81.0 cm³/mol. The SMILES string of the molecule is Brc1cscc1CNC1CCCc2ccccc21. The quantitative estimate of drug-likeness (QED) is 0.865. The average Bonchev–Trinajstić information content (AvgIpc) is 2.82. The molecular weight excluding hydrogens is 306 g/mol. The molecule has 94 valence electrons. The van der Waals surface area contributed by atoms with Crippen LogP contribution in [0.5, 0.6) is 0 Å². The maximum Gasteiger partial charge on any atom is 0.0327 e. The Hall–Kier alpha value is -0.640. The van der Waals surface area contributed by atoms with Crippen molar-refractivity contribution in [2.45, 2.75) is 31.8 Å². The Morgan fingerprint density at radius 1 is 1.28 bits per heavy atom. The summed E-state index contributed by atoms with van der Waals surface area (Å²) in [4.78, 5) is 0. The van der Waals surface area contributed by atoms with E-state index in [4.69, 9.17) is 0 Å². The van der Waals surface area contributed by atoms with E-state index in [1.807, 2.05) is 0 Å². The van der Waals surface area contributed by atoms with E-state index in [1.165, 1.54) is 40.4 Å². The zero-order valence-corrected chi connectivity index (χ0v) is 12.6. The fourth-order valence-electron chi connectivity index (χ4n) is 2.63. The van der Waals surface area contributed by atoms with Gasteiger partial charge in [0.15, 0.2) is 0 Å². The largest absolute Gasteiger partial charge is 0.306 e. The van der Waals surface area contributed by atoms with Crippen LogP contribution in [0.2, 0.25) is 0 Å². The summed E-state index contributed by atoms with van der Waals surface area (Å²) < 4.78 is 1.23. The summed E-state index contributed by atoms with van der Waals surface area (Å²) in [5.41, 5.74) is 4.38. The third-order valence-electron chi connectivity index (χ3n) is 3.60. The van der Waals surface area contributed by atoms with E-state index >= 15 is 0 Å². The molecule has 3 heteroatoms. The van der Waals surface area contributed by atoms with Crippen LogP contribution in [0.15, 0.2) is 39.5 Å². The second kappa shape index (κ2) is 5.55. The van der Waals surface area contributed by atoms with Crippen molar-refractivity contribution in [2.75, 3.05) is 0 Å². The van der Waals surface area contributed by atoms with Crippen molar-refractivity contribution in [1.82, 2.24) is 5.32 Å². The lowest BCUT2D eigenvalue weighted by Gasteiger charge is -2.26. The third kappa shape index (κ3) is 2.53. The number of aryl methyl sites for hydroxylation is 1. The zero-order valence-electron chi connectivity index (χ0n) is 10.2. The maximum atomic E-state index is 3.70. The summed E-state index contributed by atoms with van der Waals surface area (Å²) >= 11 is 5.34. The van der Waals surface area contributed by atoms with Crippen LogP contribution in [-0.4, -0.2) is 0 Å². The molecule has 1 aliphatic rings. The highest BCUT2D eigenvalue weighted by Gasteiger charge is 2.19. The van der Waals surface area contributed by atoms with Gasteiger partial charge in [0.1, 0.15) is 0 Å². The monoisotopic (exact) mass is 321 g/mol. The number of hydrogen-bond donors (Lipinski definition) is 1. The predicted octanol–water partition coefficient (Wildman–Crippen LogP) is 4.68. The molecule has 0 aliphatic heterocycles. The molecule has 0 saturated heterocycles. The summed E-state index contributed by atoms with van der Waals surface area (Å²) in [6, 6.07) is 9.36. The summed E-state index contributed by atoms with van der Waals surface area (Å²) in [7, 11) is 0. The molecule has 3 rings (SSSR count). The lowest BCUT2D eigenvalue weighted by molar-refractivity contribution is 0.459. The lowest BCUT2D eigenvalue weighted by atomic mass is 9.88. The van der Waals surface area contributed by atoms with Crippen molar-refractivity contribution in [1.29, 1.82) is 0 Å². The van der Waals surface area contributed by atoms with Gasteiger partial charge in [-0.2, -0.15) is 11.3 Å². The first-order valence-corrected chi connectivity index (χ1v) is 8.10. The van der Waals surface area contributed by atoms with E-state index in [-0.39, 0.29) is 0 Å². The minimum absolute atomic E-state index is 0.516. The fourth-order valence-corrected chi connectivity index (χ4v) is 4.08. The van der Waals surface area contributed by atoms with E-state index in [1.54, 1.807) is 11.3 Å². The summed E-state index contributed by atoms with van der Waals surface area (Å²) in [6.07, 6.45) is 3.77. The number of nitrogens with one attached hydrogen (secondary N) is 1. The van der Waals surface area contributed by atoms with Crippen LogP contribution in [0.4, 0.5) is 0 Å². The number of hydrogen-bond acceptors (Lipinski definition) is 2. The molecule has 0 amide bonds. The van der Waals surface area contributed by atoms with E-state index in [9.17, 15) is 0 Å². The van der Waals surface area contributed by atoms with Gasteiger partial charge in [0, 0.05) is 22.4 Å². The van der Waals surface area contributed by atoms with Crippen molar-refractivity contribution >= 4 is 27.3 Å². The number of thiophene rings is 1. The fraction of sp³-hybridized carbons (Fsp3) is 0.333. The van der Waals surface area contributed by atoms with Gasteiger partial charge in [0.25, 0.3) is 0 Å². The first kappa shape index (κ1) is 12.4. The minimum atomic E-state index is 0.516. The Morgan fingerprint density at radius 3 is 3.00 bits per heavy atom. The molecule has 1 aromatic heterocycles. The Kier molecular flexibility index (Phi) is 3.83. The van der Waals surface area contributed by atoms with Gasteiger partial charge < -0.3 is 5.32 Å². The van der Waals surface area contributed by atoms with Crippen LogP contribution in [0.25, 0.3) is 0 Å². The van der Waals surface area contributed by atoms with E-state index in [2.05, 4.69) is 56.3 Å². The second-order valence-corrected chi connectivity index (χ2v) is 6.37. The molecule has 0 fully saturated rings. The van der Waals surface area contributed by atoms with Crippen LogP contribution in [0, 0.1) is 0 Å². The Balaban J connectivity index is 1.73. The topological polar surface area (TPSA) is 12.0 Å². The van der Waals surface area contributed by atoms with Crippen LogP contribution in [-0.2, 0) is 13.0 Å². The van der Waals surface area contributed by atoms with Crippen molar-refractivity contribution in [2.24, 2.45) is 0 Å². The molecule has 1 unspecified atom stereocenters. The molecular formula is C15H16BrNS. The molecule has 18 heavy (non-hydrogen) atoms. The van der Waals surface area contributed by atoms with Crippen LogP contribution >= 0.6 is 27.3 Å². The number of benzene rings is 1. The molecule has 2 aromatic rings. The maximum absolute atomic E-state index is 3.70. The smallest absolute Gasteiger partial charge is 0.0327 e. The first-order chi connectivity index (χ1) is 8.84. The van der Waals surface area contributed by atoms with Crippen molar-refractivity contribution in [3.63, 3.8) is 0 Å². The lowest BCUT2D eigenvalue weighted by Crippen LogP contribution is -2.24. The van der Waals surface area contributed by atoms with E-state index < -0.39 is 0 Å². The van der Waals surface area contributed by atoms with Gasteiger partial charge in [-0.05, 0) is 57.3 Å². The van der Waals surface area contributed by atoms with Gasteiger partial charge in [-0.25, -0.2) is 0 Å². The zero-order chi connectivity index (χ0) is 12.4. The average molecular weight is 322 g/mol. The van der Waals surface area contributed by atoms with Gasteiger partial charge in [-0.1, -0.05) is 24.3 Å². The van der Waals surface area contributed by atoms with Crippen molar-refractivity contribution in [3.8, 4) is 0 Å². The van der Waals surface area contributed by atoms with Crippen LogP contribution in [0.3, 0.4) is 0 Å². The molecule has 0 saturated carbocycles. The van der Waals surface area contributed by atoms with Gasteiger partial charge >= 0.3 is 0 Å². The van der Waals surface area contributed by atoms with Gasteiger partial charge in [-0.3, -0.25) is 0 Å². The van der Waals surface area contributed by atoms with E-state index in [0.717, 1.165) is 6.54 Å². The van der Waals surface area contributed by atoms with Crippen molar-refractivity contribution < 1.29 is 0 Å². The highest BCUT2D eigenvalue weighted by atomic mass is 79.9. The molecule has 0 spiro atoms. The molecule has 1 atom stereocenters. The molecule has 1 N–H and O–H groups in total. The molecule has 1 heterocycles. The second-order valence-electron chi connectivity index (χ2n) is 4.77. The molecule has 1 nitrogen and oxygen atoms in total. The molecule has 0 bridgehead atoms. The Bertz CT molecular complexity index is 535. The van der Waals surface area contributed by atoms with Gasteiger partial charge in [0.2, 0.25) is 0 Å². The summed E-state index contributed by atoms with van der Waals surface area (Å²) in [6.45, 7) is 0.948. The first-order valence-electron chi connectivity index (χ1n) is 6.36. The highest BCUT2D eigenvalue weighted by molar-refractivity contribution is 9.10. The van der Waals surface area contributed by atoms with Crippen LogP contribution in [0.1, 0.15) is 35.6 Å². The highest BCUT2D eigenvalue weighted by Crippen LogP contribution is 2.30. The van der Waals surface area contributed by atoms with Gasteiger partial charge in [-0.15, -0.1) is 0 Å². The van der Waals surface area contributed by atoms with Gasteiger partial charge in [0.05, 0.1) is 0 Å². The minimum Gasteiger partial charge on any atom is -0.306 e. The Morgan fingerprint density at radius 2 is 2.17 bits per heavy atom. The normalized spacial score (nSPS) is 18.6. The molecule has 0 radical (unpaired) electrons. The van der Waals surface area contributed by atoms with Crippen molar-refractivity contribution in [3.05, 3.63) is 56.2 Å².